The van der Waals surface area contributed by atoms with Crippen LogP contribution in [-0.2, 0) is 14.2 Å². The van der Waals surface area contributed by atoms with Gasteiger partial charge in [-0.1, -0.05) is 13.8 Å². The molecule has 3 aliphatic rings. The van der Waals surface area contributed by atoms with Gasteiger partial charge in [-0.15, -0.1) is 0 Å². The summed E-state index contributed by atoms with van der Waals surface area (Å²) in [6, 6.07) is 0. The fourth-order valence-electron chi connectivity index (χ4n) is 3.43. The van der Waals surface area contributed by atoms with Crippen LogP contribution in [0, 0.1) is 11.8 Å². The van der Waals surface area contributed by atoms with Crippen LogP contribution in [0.2, 0.25) is 0 Å². The van der Waals surface area contributed by atoms with Crippen molar-refractivity contribution in [2.75, 3.05) is 0 Å². The van der Waals surface area contributed by atoms with Crippen molar-refractivity contribution >= 4 is 6.09 Å². The standard InChI is InChI=1S/C14H23NO5/c1-6-8(16)7(2)14(11-10(18-11)9(6)19-14)15-12(17)20-13(3,4)5/h6-11,16H,1-5H3,(H,15,17)/t6-,7-,8-,9-,10+,11+,14+/m0/s1. The summed E-state index contributed by atoms with van der Waals surface area (Å²) in [5, 5.41) is 13.2. The lowest BCUT2D eigenvalue weighted by molar-refractivity contribution is -0.231. The predicted octanol–water partition coefficient (Wildman–Crippen LogP) is 1.02. The van der Waals surface area contributed by atoms with Crippen LogP contribution in [0.25, 0.3) is 0 Å². The van der Waals surface area contributed by atoms with Gasteiger partial charge >= 0.3 is 6.09 Å². The summed E-state index contributed by atoms with van der Waals surface area (Å²) >= 11 is 0. The summed E-state index contributed by atoms with van der Waals surface area (Å²) in [6.07, 6.45) is -1.45. The van der Waals surface area contributed by atoms with Crippen LogP contribution in [0.5, 0.6) is 0 Å². The zero-order valence-corrected chi connectivity index (χ0v) is 12.5. The lowest BCUT2D eigenvalue weighted by Gasteiger charge is -2.46. The first-order valence-corrected chi connectivity index (χ1v) is 7.18. The van der Waals surface area contributed by atoms with Crippen molar-refractivity contribution in [1.82, 2.24) is 5.32 Å². The molecule has 20 heavy (non-hydrogen) atoms. The number of ether oxygens (including phenoxy) is 3. The van der Waals surface area contributed by atoms with E-state index in [2.05, 4.69) is 5.32 Å². The quantitative estimate of drug-likeness (QED) is 0.703. The summed E-state index contributed by atoms with van der Waals surface area (Å²) in [6.45, 7) is 9.24. The zero-order valence-electron chi connectivity index (χ0n) is 12.5. The van der Waals surface area contributed by atoms with Gasteiger partial charge in [0.15, 0.2) is 5.72 Å². The van der Waals surface area contributed by atoms with Crippen LogP contribution in [0.3, 0.4) is 0 Å². The molecule has 0 radical (unpaired) electrons. The molecule has 3 aliphatic heterocycles. The first-order chi connectivity index (χ1) is 9.16. The zero-order chi connectivity index (χ0) is 14.9. The molecule has 7 atom stereocenters. The van der Waals surface area contributed by atoms with Gasteiger partial charge in [-0.3, -0.25) is 5.32 Å². The second-order valence-electron chi connectivity index (χ2n) is 7.16. The van der Waals surface area contributed by atoms with Crippen molar-refractivity contribution in [3.63, 3.8) is 0 Å². The fraction of sp³-hybridized carbons (Fsp3) is 0.929. The van der Waals surface area contributed by atoms with Crippen molar-refractivity contribution in [3.8, 4) is 0 Å². The molecule has 3 fully saturated rings. The second-order valence-corrected chi connectivity index (χ2v) is 7.16. The van der Waals surface area contributed by atoms with Gasteiger partial charge < -0.3 is 19.3 Å². The topological polar surface area (TPSA) is 80.3 Å². The largest absolute Gasteiger partial charge is 0.444 e. The van der Waals surface area contributed by atoms with Gasteiger partial charge in [0.25, 0.3) is 0 Å². The van der Waals surface area contributed by atoms with Crippen LogP contribution in [0.15, 0.2) is 0 Å². The van der Waals surface area contributed by atoms with Gasteiger partial charge in [0.2, 0.25) is 0 Å². The van der Waals surface area contributed by atoms with Crippen LogP contribution in [-0.4, -0.2) is 46.9 Å². The van der Waals surface area contributed by atoms with E-state index >= 15 is 0 Å². The van der Waals surface area contributed by atoms with E-state index in [1.165, 1.54) is 0 Å². The number of hydrogen-bond acceptors (Lipinski definition) is 5. The summed E-state index contributed by atoms with van der Waals surface area (Å²) in [5.74, 6) is -0.255. The molecule has 3 rings (SSSR count). The van der Waals surface area contributed by atoms with E-state index in [1.807, 2.05) is 13.8 Å². The van der Waals surface area contributed by atoms with Gasteiger partial charge in [0.05, 0.1) is 12.2 Å². The summed E-state index contributed by atoms with van der Waals surface area (Å²) in [5.41, 5.74) is -1.55. The lowest BCUT2D eigenvalue weighted by Crippen LogP contribution is -2.65. The number of alkyl carbamates (subject to hydrolysis) is 1. The van der Waals surface area contributed by atoms with E-state index in [0.29, 0.717) is 0 Å². The summed E-state index contributed by atoms with van der Waals surface area (Å²) < 4.78 is 17.0. The molecule has 0 unspecified atom stereocenters. The van der Waals surface area contributed by atoms with Crippen molar-refractivity contribution in [2.45, 2.75) is 70.4 Å². The molecule has 0 spiro atoms. The highest BCUT2D eigenvalue weighted by Gasteiger charge is 2.74. The van der Waals surface area contributed by atoms with Gasteiger partial charge in [0, 0.05) is 11.8 Å². The Labute approximate surface area is 118 Å². The Bertz CT molecular complexity index is 434. The van der Waals surface area contributed by atoms with E-state index in [0.717, 1.165) is 0 Å². The van der Waals surface area contributed by atoms with Crippen molar-refractivity contribution < 1.29 is 24.1 Å². The minimum atomic E-state index is -0.969. The van der Waals surface area contributed by atoms with Gasteiger partial charge in [0.1, 0.15) is 17.8 Å². The number of amides is 1. The van der Waals surface area contributed by atoms with Crippen molar-refractivity contribution in [3.05, 3.63) is 0 Å². The Hall–Kier alpha value is -0.850. The van der Waals surface area contributed by atoms with E-state index in [4.69, 9.17) is 14.2 Å². The van der Waals surface area contributed by atoms with Gasteiger partial charge in [-0.2, -0.15) is 0 Å². The molecule has 114 valence electrons. The predicted molar refractivity (Wildman–Crippen MR) is 70.0 cm³/mol. The highest BCUT2D eigenvalue weighted by molar-refractivity contribution is 5.69. The second kappa shape index (κ2) is 4.08. The van der Waals surface area contributed by atoms with Crippen molar-refractivity contribution in [2.24, 2.45) is 11.8 Å². The normalized spacial score (nSPS) is 49.5. The molecule has 2 bridgehead atoms. The van der Waals surface area contributed by atoms with Crippen LogP contribution < -0.4 is 5.32 Å². The Morgan fingerprint density at radius 1 is 1.30 bits per heavy atom. The average molecular weight is 285 g/mol. The number of epoxide rings is 1. The fourth-order valence-corrected chi connectivity index (χ4v) is 3.43. The molecule has 2 N–H and O–H groups in total. The molecule has 0 aromatic carbocycles. The maximum atomic E-state index is 12.1. The third-order valence-electron chi connectivity index (χ3n) is 4.55. The number of nitrogens with one attached hydrogen (secondary N) is 1. The molecule has 3 heterocycles. The van der Waals surface area contributed by atoms with Gasteiger partial charge in [-0.05, 0) is 20.8 Å². The Balaban J connectivity index is 1.79. The maximum absolute atomic E-state index is 12.1. The molecule has 6 nitrogen and oxygen atoms in total. The molecule has 6 heteroatoms. The van der Waals surface area contributed by atoms with Crippen LogP contribution in [0.1, 0.15) is 34.6 Å². The lowest BCUT2D eigenvalue weighted by atomic mass is 9.83. The van der Waals surface area contributed by atoms with Gasteiger partial charge in [-0.25, -0.2) is 4.79 Å². The molecule has 3 saturated heterocycles. The first-order valence-electron chi connectivity index (χ1n) is 7.18. The third-order valence-corrected chi connectivity index (χ3v) is 4.55. The number of carbonyl (C=O) groups is 1. The maximum Gasteiger partial charge on any atom is 0.409 e. The Morgan fingerprint density at radius 3 is 2.55 bits per heavy atom. The highest BCUT2D eigenvalue weighted by atomic mass is 16.7. The highest BCUT2D eigenvalue weighted by Crippen LogP contribution is 2.55. The number of rotatable bonds is 1. The molecular weight excluding hydrogens is 262 g/mol. The molecule has 0 saturated carbocycles. The number of aliphatic hydroxyl groups is 1. The Morgan fingerprint density at radius 2 is 1.95 bits per heavy atom. The number of carbonyl (C=O) groups excluding carboxylic acids is 1. The van der Waals surface area contributed by atoms with Crippen LogP contribution in [0.4, 0.5) is 4.79 Å². The monoisotopic (exact) mass is 285 g/mol. The van der Waals surface area contributed by atoms with E-state index in [1.54, 1.807) is 20.8 Å². The van der Waals surface area contributed by atoms with E-state index < -0.39 is 23.5 Å². The van der Waals surface area contributed by atoms with E-state index in [-0.39, 0.29) is 30.1 Å². The third kappa shape index (κ3) is 1.93. The smallest absolute Gasteiger partial charge is 0.409 e. The minimum absolute atomic E-state index is 0.00365. The average Bonchev–Trinajstić information content (AvgIpc) is 3.04. The molecule has 0 aromatic rings. The summed E-state index contributed by atoms with van der Waals surface area (Å²) in [4.78, 5) is 12.1. The first kappa shape index (κ1) is 14.1. The number of fused-ring (bicyclic) bond motifs is 5. The molecule has 0 aliphatic carbocycles. The Kier molecular flexibility index (Phi) is 2.88. The minimum Gasteiger partial charge on any atom is -0.444 e. The molecule has 1 amide bonds. The summed E-state index contributed by atoms with van der Waals surface area (Å²) in [7, 11) is 0. The van der Waals surface area contributed by atoms with Crippen LogP contribution >= 0.6 is 0 Å². The number of aliphatic hydroxyl groups excluding tert-OH is 1. The van der Waals surface area contributed by atoms with E-state index in [9.17, 15) is 9.90 Å². The SMILES string of the molecule is C[C@H]1[C@H](O)[C@H](C)[C@@]2(NC(=O)OC(C)(C)C)O[C@@H]1[C@H]1O[C@H]12. The molecular formula is C14H23NO5. The molecule has 0 aromatic heterocycles. The van der Waals surface area contributed by atoms with Crippen molar-refractivity contribution in [1.29, 1.82) is 0 Å². The number of hydrogen-bond donors (Lipinski definition) is 2.